The number of nitrogens with one attached hydrogen (secondary N) is 1. The van der Waals surface area contributed by atoms with Crippen molar-refractivity contribution in [2.24, 2.45) is 5.92 Å². The molecule has 0 saturated heterocycles. The minimum atomic E-state index is 0.601. The van der Waals surface area contributed by atoms with Crippen molar-refractivity contribution in [1.29, 1.82) is 0 Å². The molecular formula is C15H23ClN2. The highest BCUT2D eigenvalue weighted by molar-refractivity contribution is 6.30. The van der Waals surface area contributed by atoms with Crippen LogP contribution in [0.15, 0.2) is 18.2 Å². The van der Waals surface area contributed by atoms with Gasteiger partial charge in [-0.3, -0.25) is 0 Å². The molecule has 0 heterocycles. The van der Waals surface area contributed by atoms with Crippen LogP contribution in [-0.2, 0) is 6.54 Å². The van der Waals surface area contributed by atoms with Crippen LogP contribution in [0.25, 0.3) is 0 Å². The van der Waals surface area contributed by atoms with Gasteiger partial charge in [0.05, 0.1) is 0 Å². The first kappa shape index (κ1) is 13.7. The Hall–Kier alpha value is -0.730. The maximum Gasteiger partial charge on any atom is 0.0426 e. The molecule has 3 heteroatoms. The highest BCUT2D eigenvalue weighted by Crippen LogP contribution is 2.37. The Labute approximate surface area is 115 Å². The molecule has 100 valence electrons. The lowest BCUT2D eigenvalue weighted by Crippen LogP contribution is -2.31. The monoisotopic (exact) mass is 266 g/mol. The van der Waals surface area contributed by atoms with Crippen LogP contribution in [0.1, 0.15) is 32.3 Å². The summed E-state index contributed by atoms with van der Waals surface area (Å²) in [6, 6.07) is 6.81. The van der Waals surface area contributed by atoms with Gasteiger partial charge in [-0.1, -0.05) is 24.6 Å². The Balaban J connectivity index is 2.19. The van der Waals surface area contributed by atoms with Gasteiger partial charge in [0.15, 0.2) is 0 Å². The summed E-state index contributed by atoms with van der Waals surface area (Å²) in [7, 11) is 2.18. The molecule has 1 fully saturated rings. The maximum absolute atomic E-state index is 6.15. The lowest BCUT2D eigenvalue weighted by molar-refractivity contribution is 0.605. The molecule has 0 amide bonds. The van der Waals surface area contributed by atoms with Crippen molar-refractivity contribution in [3.63, 3.8) is 0 Å². The van der Waals surface area contributed by atoms with Crippen molar-refractivity contribution in [1.82, 2.24) is 5.32 Å². The number of anilines is 1. The number of hydrogen-bond acceptors (Lipinski definition) is 2. The Morgan fingerprint density at radius 2 is 2.17 bits per heavy atom. The quantitative estimate of drug-likeness (QED) is 0.845. The van der Waals surface area contributed by atoms with Gasteiger partial charge in [0.25, 0.3) is 0 Å². The van der Waals surface area contributed by atoms with Gasteiger partial charge in [0.2, 0.25) is 0 Å². The molecule has 0 bridgehead atoms. The standard InChI is InChI=1S/C15H23ClN2/c1-4-17-10-13-7-8-14(16)9-15(13)18(3)11(2)12-5-6-12/h7-9,11-12,17H,4-6,10H2,1-3H3. The fourth-order valence-electron chi connectivity index (χ4n) is 2.39. The zero-order chi connectivity index (χ0) is 13.1. The first-order valence-corrected chi connectivity index (χ1v) is 7.23. The summed E-state index contributed by atoms with van der Waals surface area (Å²) in [5.74, 6) is 0.862. The molecule has 0 aliphatic heterocycles. The van der Waals surface area contributed by atoms with Crippen molar-refractivity contribution in [3.05, 3.63) is 28.8 Å². The minimum Gasteiger partial charge on any atom is -0.371 e. The van der Waals surface area contributed by atoms with Crippen LogP contribution in [0.3, 0.4) is 0 Å². The summed E-state index contributed by atoms with van der Waals surface area (Å²) >= 11 is 6.15. The molecule has 1 aromatic carbocycles. The fourth-order valence-corrected chi connectivity index (χ4v) is 2.56. The molecule has 1 aromatic rings. The minimum absolute atomic E-state index is 0.601. The predicted octanol–water partition coefficient (Wildman–Crippen LogP) is 3.68. The number of nitrogens with zero attached hydrogens (tertiary/aromatic N) is 1. The number of halogens is 1. The molecular weight excluding hydrogens is 244 g/mol. The Morgan fingerprint density at radius 1 is 1.44 bits per heavy atom. The van der Waals surface area contributed by atoms with E-state index in [4.69, 9.17) is 11.6 Å². The van der Waals surface area contributed by atoms with Crippen molar-refractivity contribution in [2.45, 2.75) is 39.3 Å². The third-order valence-electron chi connectivity index (χ3n) is 3.91. The summed E-state index contributed by atoms with van der Waals surface area (Å²) in [5, 5.41) is 4.21. The highest BCUT2D eigenvalue weighted by Gasteiger charge is 2.31. The molecule has 1 unspecified atom stereocenters. The first-order chi connectivity index (χ1) is 8.63. The molecule has 18 heavy (non-hydrogen) atoms. The molecule has 0 spiro atoms. The van der Waals surface area contributed by atoms with Crippen LogP contribution in [0, 0.1) is 5.92 Å². The topological polar surface area (TPSA) is 15.3 Å². The van der Waals surface area contributed by atoms with Crippen molar-refractivity contribution < 1.29 is 0 Å². The van der Waals surface area contributed by atoms with Crippen LogP contribution in [0.5, 0.6) is 0 Å². The van der Waals surface area contributed by atoms with Crippen molar-refractivity contribution in [2.75, 3.05) is 18.5 Å². The summed E-state index contributed by atoms with van der Waals surface area (Å²) in [6.07, 6.45) is 2.74. The summed E-state index contributed by atoms with van der Waals surface area (Å²) in [5.41, 5.74) is 2.60. The summed E-state index contributed by atoms with van der Waals surface area (Å²) in [4.78, 5) is 2.39. The third kappa shape index (κ3) is 3.18. The lowest BCUT2D eigenvalue weighted by atomic mass is 10.1. The van der Waals surface area contributed by atoms with Gasteiger partial charge < -0.3 is 10.2 Å². The molecule has 2 rings (SSSR count). The highest BCUT2D eigenvalue weighted by atomic mass is 35.5. The lowest BCUT2D eigenvalue weighted by Gasteiger charge is -2.29. The van der Waals surface area contributed by atoms with E-state index in [9.17, 15) is 0 Å². The van der Waals surface area contributed by atoms with Crippen molar-refractivity contribution in [3.8, 4) is 0 Å². The second-order valence-electron chi connectivity index (χ2n) is 5.24. The molecule has 1 aliphatic carbocycles. The summed E-state index contributed by atoms with van der Waals surface area (Å²) in [6.45, 7) is 6.34. The Bertz CT molecular complexity index is 401. The van der Waals surface area contributed by atoms with Gasteiger partial charge >= 0.3 is 0 Å². The van der Waals surface area contributed by atoms with E-state index >= 15 is 0 Å². The molecule has 2 nitrogen and oxygen atoms in total. The second-order valence-corrected chi connectivity index (χ2v) is 5.68. The molecule has 1 atom stereocenters. The zero-order valence-corrected chi connectivity index (χ0v) is 12.3. The molecule has 1 N–H and O–H groups in total. The van der Waals surface area contributed by atoms with Gasteiger partial charge in [0.1, 0.15) is 0 Å². The van der Waals surface area contributed by atoms with Gasteiger partial charge in [-0.25, -0.2) is 0 Å². The average Bonchev–Trinajstić information content (AvgIpc) is 3.19. The van der Waals surface area contributed by atoms with Crippen LogP contribution in [0.4, 0.5) is 5.69 Å². The van der Waals surface area contributed by atoms with E-state index in [1.54, 1.807) is 0 Å². The van der Waals surface area contributed by atoms with Crippen LogP contribution in [0.2, 0.25) is 5.02 Å². The third-order valence-corrected chi connectivity index (χ3v) is 4.14. The largest absolute Gasteiger partial charge is 0.371 e. The fraction of sp³-hybridized carbons (Fsp3) is 0.600. The van der Waals surface area contributed by atoms with E-state index in [0.29, 0.717) is 6.04 Å². The smallest absolute Gasteiger partial charge is 0.0426 e. The summed E-state index contributed by atoms with van der Waals surface area (Å²) < 4.78 is 0. The molecule has 1 aliphatic rings. The zero-order valence-electron chi connectivity index (χ0n) is 11.5. The van der Waals surface area contributed by atoms with Crippen LogP contribution in [-0.4, -0.2) is 19.6 Å². The molecule has 0 aromatic heterocycles. The van der Waals surface area contributed by atoms with E-state index in [1.807, 2.05) is 6.07 Å². The van der Waals surface area contributed by atoms with E-state index < -0.39 is 0 Å². The number of benzene rings is 1. The Kier molecular flexibility index (Phi) is 4.52. The van der Waals surface area contributed by atoms with Gasteiger partial charge in [-0.05, 0) is 49.9 Å². The van der Waals surface area contributed by atoms with Crippen LogP contribution >= 0.6 is 11.6 Å². The van der Waals surface area contributed by atoms with E-state index in [1.165, 1.54) is 24.1 Å². The predicted molar refractivity (Wildman–Crippen MR) is 79.4 cm³/mol. The SMILES string of the molecule is CCNCc1ccc(Cl)cc1N(C)C(C)C1CC1. The van der Waals surface area contributed by atoms with Crippen molar-refractivity contribution >= 4 is 17.3 Å². The first-order valence-electron chi connectivity index (χ1n) is 6.85. The number of hydrogen-bond donors (Lipinski definition) is 1. The van der Waals surface area contributed by atoms with E-state index in [-0.39, 0.29) is 0 Å². The van der Waals surface area contributed by atoms with Gasteiger partial charge in [-0.2, -0.15) is 0 Å². The van der Waals surface area contributed by atoms with Gasteiger partial charge in [-0.15, -0.1) is 0 Å². The van der Waals surface area contributed by atoms with E-state index in [0.717, 1.165) is 24.0 Å². The van der Waals surface area contributed by atoms with Crippen LogP contribution < -0.4 is 10.2 Å². The molecule has 1 saturated carbocycles. The molecule has 0 radical (unpaired) electrons. The second kappa shape index (κ2) is 5.94. The van der Waals surface area contributed by atoms with E-state index in [2.05, 4.69) is 43.2 Å². The average molecular weight is 267 g/mol. The number of rotatable bonds is 6. The van der Waals surface area contributed by atoms with Gasteiger partial charge in [0, 0.05) is 30.3 Å². The Morgan fingerprint density at radius 3 is 2.78 bits per heavy atom. The maximum atomic E-state index is 6.15. The normalized spacial score (nSPS) is 16.7.